The van der Waals surface area contributed by atoms with Crippen molar-refractivity contribution in [1.29, 1.82) is 0 Å². The number of allylic oxidation sites excluding steroid dienone is 2. The van der Waals surface area contributed by atoms with Gasteiger partial charge in [0, 0.05) is 0 Å². The van der Waals surface area contributed by atoms with Crippen LogP contribution in [-0.4, -0.2) is 0 Å². The lowest BCUT2D eigenvalue weighted by Gasteiger charge is -2.04. The van der Waals surface area contributed by atoms with Crippen LogP contribution in [0, 0.1) is 0 Å². The van der Waals surface area contributed by atoms with E-state index in [-0.39, 0.29) is 0 Å². The van der Waals surface area contributed by atoms with Crippen LogP contribution < -0.4 is 0 Å². The van der Waals surface area contributed by atoms with Crippen molar-refractivity contribution in [1.82, 2.24) is 0 Å². The summed E-state index contributed by atoms with van der Waals surface area (Å²) >= 11 is 0. The maximum Gasteiger partial charge on any atom is -0.0228 e. The minimum Gasteiger partial charge on any atom is -0.0841 e. The maximum atomic E-state index is 2.31. The molecule has 0 heterocycles. The van der Waals surface area contributed by atoms with Crippen molar-refractivity contribution in [2.45, 2.75) is 40.0 Å². The molecule has 0 bridgehead atoms. The lowest BCUT2D eigenvalue weighted by molar-refractivity contribution is 0.795. The van der Waals surface area contributed by atoms with Gasteiger partial charge in [0.25, 0.3) is 0 Å². The Morgan fingerprint density at radius 2 is 2.14 bits per heavy atom. The van der Waals surface area contributed by atoms with E-state index in [1.165, 1.54) is 36.0 Å². The molecule has 76 valence electrons. The number of hydrogen-bond acceptors (Lipinski definition) is 0. The van der Waals surface area contributed by atoms with E-state index in [9.17, 15) is 0 Å². The molecule has 0 heteroatoms. The van der Waals surface area contributed by atoms with Gasteiger partial charge in [-0.25, -0.2) is 0 Å². The van der Waals surface area contributed by atoms with Crippen LogP contribution in [0.2, 0.25) is 0 Å². The van der Waals surface area contributed by atoms with Gasteiger partial charge in [0.15, 0.2) is 0 Å². The first-order chi connectivity index (χ1) is 6.77. The molecule has 0 amide bonds. The van der Waals surface area contributed by atoms with E-state index in [1.54, 1.807) is 0 Å². The third-order valence-corrected chi connectivity index (χ3v) is 2.63. The fraction of sp³-hybridized carbons (Fsp3) is 0.429. The Labute approximate surface area is 87.7 Å². The summed E-state index contributed by atoms with van der Waals surface area (Å²) in [5, 5.41) is 0. The fourth-order valence-electron chi connectivity index (χ4n) is 1.52. The molecular formula is C14H20. The number of hydrogen-bond donors (Lipinski definition) is 0. The number of benzene rings is 1. The molecule has 0 radical (unpaired) electrons. The predicted octanol–water partition coefficient (Wildman–Crippen LogP) is 4.45. The summed E-state index contributed by atoms with van der Waals surface area (Å²) in [4.78, 5) is 0. The Morgan fingerprint density at radius 1 is 1.36 bits per heavy atom. The summed E-state index contributed by atoms with van der Waals surface area (Å²) in [6, 6.07) is 8.88. The Balaban J connectivity index is 2.79. The minimum absolute atomic E-state index is 1.21. The van der Waals surface area contributed by atoms with Crippen molar-refractivity contribution in [3.63, 3.8) is 0 Å². The molecule has 0 aliphatic rings. The normalized spacial score (nSPS) is 11.8. The largest absolute Gasteiger partial charge is 0.0841 e. The molecule has 0 saturated carbocycles. The van der Waals surface area contributed by atoms with E-state index in [4.69, 9.17) is 0 Å². The van der Waals surface area contributed by atoms with Gasteiger partial charge in [-0.1, -0.05) is 43.7 Å². The number of rotatable bonds is 4. The first kappa shape index (κ1) is 11.0. The van der Waals surface area contributed by atoms with Crippen molar-refractivity contribution in [3.05, 3.63) is 41.5 Å². The van der Waals surface area contributed by atoms with E-state index in [1.807, 2.05) is 0 Å². The maximum absolute atomic E-state index is 2.31. The van der Waals surface area contributed by atoms with Crippen molar-refractivity contribution < 1.29 is 0 Å². The molecule has 1 rings (SSSR count). The van der Waals surface area contributed by atoms with Crippen LogP contribution in [0.15, 0.2) is 30.3 Å². The highest BCUT2D eigenvalue weighted by Crippen LogP contribution is 2.16. The van der Waals surface area contributed by atoms with E-state index >= 15 is 0 Å². The third kappa shape index (κ3) is 3.02. The predicted molar refractivity (Wildman–Crippen MR) is 64.4 cm³/mol. The van der Waals surface area contributed by atoms with Crippen LogP contribution in [0.25, 0.3) is 5.57 Å². The summed E-state index contributed by atoms with van der Waals surface area (Å²) < 4.78 is 0. The van der Waals surface area contributed by atoms with Gasteiger partial charge in [-0.2, -0.15) is 0 Å². The molecule has 1 aromatic rings. The van der Waals surface area contributed by atoms with Crippen LogP contribution in [0.5, 0.6) is 0 Å². The second kappa shape index (κ2) is 5.64. The van der Waals surface area contributed by atoms with Gasteiger partial charge in [-0.3, -0.25) is 0 Å². The molecule has 0 N–H and O–H groups in total. The smallest absolute Gasteiger partial charge is 0.0228 e. The topological polar surface area (TPSA) is 0 Å². The molecule has 0 fully saturated rings. The summed E-state index contributed by atoms with van der Waals surface area (Å²) in [6.07, 6.45) is 5.94. The summed E-state index contributed by atoms with van der Waals surface area (Å²) in [5.74, 6) is 0. The molecule has 0 aromatic heterocycles. The van der Waals surface area contributed by atoms with E-state index in [0.29, 0.717) is 0 Å². The quantitative estimate of drug-likeness (QED) is 0.654. The Bertz CT molecular complexity index is 308. The molecule has 0 saturated heterocycles. The van der Waals surface area contributed by atoms with E-state index < -0.39 is 0 Å². The van der Waals surface area contributed by atoms with Crippen molar-refractivity contribution in [3.8, 4) is 0 Å². The zero-order chi connectivity index (χ0) is 10.4. The van der Waals surface area contributed by atoms with Crippen molar-refractivity contribution >= 4 is 5.57 Å². The summed E-state index contributed by atoms with van der Waals surface area (Å²) in [7, 11) is 0. The average molecular weight is 188 g/mol. The highest BCUT2D eigenvalue weighted by atomic mass is 14.0. The highest BCUT2D eigenvalue weighted by molar-refractivity contribution is 5.63. The molecule has 0 nitrogen and oxygen atoms in total. The number of aryl methyl sites for hydroxylation is 1. The van der Waals surface area contributed by atoms with Gasteiger partial charge in [0.05, 0.1) is 0 Å². The minimum atomic E-state index is 1.21. The first-order valence-electron chi connectivity index (χ1n) is 5.50. The molecular weight excluding hydrogens is 168 g/mol. The van der Waals surface area contributed by atoms with Gasteiger partial charge in [-0.15, -0.1) is 0 Å². The number of unbranched alkanes of at least 4 members (excludes halogenated alkanes) is 1. The fourth-order valence-corrected chi connectivity index (χ4v) is 1.52. The lowest BCUT2D eigenvalue weighted by Crippen LogP contribution is -1.87. The molecule has 0 atom stereocenters. The molecule has 0 spiro atoms. The molecule has 0 aliphatic carbocycles. The SMILES string of the molecule is C/C=C(/C)c1cccc(CCCC)c1. The average Bonchev–Trinajstić information content (AvgIpc) is 2.25. The molecule has 0 unspecified atom stereocenters. The Hall–Kier alpha value is -1.04. The van der Waals surface area contributed by atoms with Gasteiger partial charge < -0.3 is 0 Å². The Kier molecular flexibility index (Phi) is 4.45. The van der Waals surface area contributed by atoms with Crippen molar-refractivity contribution in [2.75, 3.05) is 0 Å². The third-order valence-electron chi connectivity index (χ3n) is 2.63. The van der Waals surface area contributed by atoms with E-state index in [2.05, 4.69) is 51.1 Å². The molecule has 14 heavy (non-hydrogen) atoms. The monoisotopic (exact) mass is 188 g/mol. The zero-order valence-electron chi connectivity index (χ0n) is 9.51. The standard InChI is InChI=1S/C14H20/c1-4-6-8-13-9-7-10-14(11-13)12(3)5-2/h5,7,9-11H,4,6,8H2,1-3H3/b12-5-. The summed E-state index contributed by atoms with van der Waals surface area (Å²) in [6.45, 7) is 6.49. The van der Waals surface area contributed by atoms with Gasteiger partial charge >= 0.3 is 0 Å². The lowest BCUT2D eigenvalue weighted by atomic mass is 10.0. The highest BCUT2D eigenvalue weighted by Gasteiger charge is 1.96. The van der Waals surface area contributed by atoms with Crippen LogP contribution in [0.1, 0.15) is 44.7 Å². The van der Waals surface area contributed by atoms with Crippen LogP contribution >= 0.6 is 0 Å². The first-order valence-corrected chi connectivity index (χ1v) is 5.50. The Morgan fingerprint density at radius 3 is 2.79 bits per heavy atom. The van der Waals surface area contributed by atoms with E-state index in [0.717, 1.165) is 0 Å². The molecule has 0 aliphatic heterocycles. The van der Waals surface area contributed by atoms with Gasteiger partial charge in [0.2, 0.25) is 0 Å². The van der Waals surface area contributed by atoms with Gasteiger partial charge in [-0.05, 0) is 43.4 Å². The second-order valence-electron chi connectivity index (χ2n) is 3.78. The van der Waals surface area contributed by atoms with Gasteiger partial charge in [0.1, 0.15) is 0 Å². The summed E-state index contributed by atoms with van der Waals surface area (Å²) in [5.41, 5.74) is 4.19. The zero-order valence-corrected chi connectivity index (χ0v) is 9.51. The molecule has 1 aromatic carbocycles. The van der Waals surface area contributed by atoms with Crippen LogP contribution in [-0.2, 0) is 6.42 Å². The van der Waals surface area contributed by atoms with Crippen LogP contribution in [0.4, 0.5) is 0 Å². The second-order valence-corrected chi connectivity index (χ2v) is 3.78. The van der Waals surface area contributed by atoms with Crippen LogP contribution in [0.3, 0.4) is 0 Å². The van der Waals surface area contributed by atoms with Crippen molar-refractivity contribution in [2.24, 2.45) is 0 Å².